The van der Waals surface area contributed by atoms with E-state index in [0.717, 1.165) is 17.0 Å². The Hall–Kier alpha value is -3.61. The first kappa shape index (κ1) is 17.8. The van der Waals surface area contributed by atoms with Crippen molar-refractivity contribution in [3.63, 3.8) is 0 Å². The second-order valence-electron chi connectivity index (χ2n) is 6.44. The van der Waals surface area contributed by atoms with Crippen molar-refractivity contribution in [2.24, 2.45) is 0 Å². The Morgan fingerprint density at radius 2 is 1.89 bits per heavy atom. The van der Waals surface area contributed by atoms with Crippen LogP contribution in [0.3, 0.4) is 0 Å². The van der Waals surface area contributed by atoms with Crippen LogP contribution in [0.2, 0.25) is 0 Å². The topological polar surface area (TPSA) is 82.5 Å². The maximum Gasteiger partial charge on any atom is 0.275 e. The number of para-hydroxylation sites is 1. The summed E-state index contributed by atoms with van der Waals surface area (Å²) in [4.78, 5) is 24.8. The van der Waals surface area contributed by atoms with E-state index in [2.05, 4.69) is 10.4 Å². The van der Waals surface area contributed by atoms with E-state index in [1.807, 2.05) is 48.5 Å². The van der Waals surface area contributed by atoms with E-state index in [4.69, 9.17) is 9.47 Å². The van der Waals surface area contributed by atoms with Gasteiger partial charge in [0.05, 0.1) is 5.69 Å². The molecule has 1 aliphatic rings. The highest BCUT2D eigenvalue weighted by Crippen LogP contribution is 2.32. The first-order valence-electron chi connectivity index (χ1n) is 8.95. The van der Waals surface area contributed by atoms with E-state index >= 15 is 0 Å². The van der Waals surface area contributed by atoms with Gasteiger partial charge in [-0.05, 0) is 43.2 Å². The van der Waals surface area contributed by atoms with Crippen molar-refractivity contribution in [1.82, 2.24) is 15.1 Å². The standard InChI is InChI=1S/C21H19N3O4/c1-14-11-17(25)20(23-24(14)16-5-3-2-4-6-16)21(26)22-10-9-15-7-8-18-19(12-15)28-13-27-18/h2-8,11-12H,9-10,13H2,1H3,(H,22,26). The molecule has 2 heterocycles. The highest BCUT2D eigenvalue weighted by Gasteiger charge is 2.16. The molecule has 0 radical (unpaired) electrons. The second kappa shape index (κ2) is 7.56. The highest BCUT2D eigenvalue weighted by atomic mass is 16.7. The molecule has 0 saturated carbocycles. The fourth-order valence-corrected chi connectivity index (χ4v) is 3.04. The summed E-state index contributed by atoms with van der Waals surface area (Å²) in [5.74, 6) is 0.934. The fourth-order valence-electron chi connectivity index (χ4n) is 3.04. The number of carbonyl (C=O) groups excluding carboxylic acids is 1. The lowest BCUT2D eigenvalue weighted by Crippen LogP contribution is -2.33. The molecule has 1 N–H and O–H groups in total. The van der Waals surface area contributed by atoms with Crippen LogP contribution in [0, 0.1) is 6.92 Å². The third-order valence-corrected chi connectivity index (χ3v) is 4.46. The van der Waals surface area contributed by atoms with Crippen molar-refractivity contribution in [3.8, 4) is 17.2 Å². The minimum Gasteiger partial charge on any atom is -0.454 e. The maximum atomic E-state index is 12.5. The minimum absolute atomic E-state index is 0.125. The van der Waals surface area contributed by atoms with Crippen LogP contribution >= 0.6 is 0 Å². The van der Waals surface area contributed by atoms with Gasteiger partial charge >= 0.3 is 0 Å². The Morgan fingerprint density at radius 1 is 1.11 bits per heavy atom. The zero-order valence-electron chi connectivity index (χ0n) is 15.3. The Labute approximate surface area is 161 Å². The molecule has 0 spiro atoms. The summed E-state index contributed by atoms with van der Waals surface area (Å²) in [6.07, 6.45) is 0.598. The van der Waals surface area contributed by atoms with Gasteiger partial charge in [-0.1, -0.05) is 24.3 Å². The molecule has 2 aromatic carbocycles. The maximum absolute atomic E-state index is 12.5. The van der Waals surface area contributed by atoms with Gasteiger partial charge in [-0.25, -0.2) is 4.68 Å². The van der Waals surface area contributed by atoms with Crippen LogP contribution in [0.5, 0.6) is 11.5 Å². The molecule has 7 nitrogen and oxygen atoms in total. The number of aromatic nitrogens is 2. The third kappa shape index (κ3) is 3.59. The summed E-state index contributed by atoms with van der Waals surface area (Å²) in [5, 5.41) is 7.04. The van der Waals surface area contributed by atoms with Gasteiger partial charge in [-0.2, -0.15) is 5.10 Å². The minimum atomic E-state index is -0.490. The summed E-state index contributed by atoms with van der Waals surface area (Å²) in [7, 11) is 0. The first-order chi connectivity index (χ1) is 13.6. The number of amides is 1. The molecule has 0 unspecified atom stereocenters. The summed E-state index contributed by atoms with van der Waals surface area (Å²) < 4.78 is 12.2. The van der Waals surface area contributed by atoms with Crippen LogP contribution in [-0.2, 0) is 6.42 Å². The van der Waals surface area contributed by atoms with Crippen LogP contribution < -0.4 is 20.2 Å². The number of benzene rings is 2. The monoisotopic (exact) mass is 377 g/mol. The quantitative estimate of drug-likeness (QED) is 0.737. The van der Waals surface area contributed by atoms with Gasteiger partial charge in [0.1, 0.15) is 0 Å². The fraction of sp³-hybridized carbons (Fsp3) is 0.190. The van der Waals surface area contributed by atoms with Gasteiger partial charge in [0.25, 0.3) is 5.91 Å². The lowest BCUT2D eigenvalue weighted by Gasteiger charge is -2.11. The van der Waals surface area contributed by atoms with Crippen LogP contribution in [0.1, 0.15) is 21.7 Å². The van der Waals surface area contributed by atoms with Gasteiger partial charge < -0.3 is 14.8 Å². The molecule has 4 rings (SSSR count). The average Bonchev–Trinajstić information content (AvgIpc) is 3.16. The molecule has 142 valence electrons. The normalized spacial score (nSPS) is 12.0. The number of hydrogen-bond acceptors (Lipinski definition) is 5. The Bertz CT molecular complexity index is 1080. The number of hydrogen-bond donors (Lipinski definition) is 1. The first-order valence-corrected chi connectivity index (χ1v) is 8.95. The smallest absolute Gasteiger partial charge is 0.275 e. The molecule has 0 aliphatic carbocycles. The van der Waals surface area contributed by atoms with Crippen molar-refractivity contribution in [3.05, 3.63) is 81.8 Å². The molecule has 0 saturated heterocycles. The van der Waals surface area contributed by atoms with Crippen LogP contribution in [-0.4, -0.2) is 29.0 Å². The number of aryl methyl sites for hydroxylation is 1. The van der Waals surface area contributed by atoms with E-state index in [0.29, 0.717) is 24.4 Å². The molecular formula is C21H19N3O4. The number of rotatable bonds is 5. The zero-order chi connectivity index (χ0) is 19.5. The van der Waals surface area contributed by atoms with Crippen molar-refractivity contribution < 1.29 is 14.3 Å². The van der Waals surface area contributed by atoms with Crippen LogP contribution in [0.25, 0.3) is 5.69 Å². The van der Waals surface area contributed by atoms with Gasteiger partial charge in [0.15, 0.2) is 17.2 Å². The van der Waals surface area contributed by atoms with E-state index in [-0.39, 0.29) is 12.5 Å². The predicted octanol–water partition coefficient (Wildman–Crippen LogP) is 2.24. The van der Waals surface area contributed by atoms with E-state index in [1.165, 1.54) is 6.07 Å². The zero-order valence-corrected chi connectivity index (χ0v) is 15.3. The molecule has 3 aromatic rings. The Kier molecular flexibility index (Phi) is 4.80. The van der Waals surface area contributed by atoms with Crippen molar-refractivity contribution in [1.29, 1.82) is 0 Å². The lowest BCUT2D eigenvalue weighted by molar-refractivity contribution is 0.0946. The SMILES string of the molecule is Cc1cc(=O)c(C(=O)NCCc2ccc3c(c2)OCO3)nn1-c1ccccc1. The molecule has 0 bridgehead atoms. The van der Waals surface area contributed by atoms with Crippen molar-refractivity contribution in [2.75, 3.05) is 13.3 Å². The summed E-state index contributed by atoms with van der Waals surface area (Å²) in [6.45, 7) is 2.38. The molecule has 0 fully saturated rings. The molecular weight excluding hydrogens is 358 g/mol. The molecule has 1 aliphatic heterocycles. The molecule has 1 amide bonds. The second-order valence-corrected chi connectivity index (χ2v) is 6.44. The number of nitrogens with one attached hydrogen (secondary N) is 1. The van der Waals surface area contributed by atoms with Crippen molar-refractivity contribution >= 4 is 5.91 Å². The Morgan fingerprint density at radius 3 is 2.71 bits per heavy atom. The summed E-state index contributed by atoms with van der Waals surface area (Å²) >= 11 is 0. The molecule has 1 aromatic heterocycles. The molecule has 0 atom stereocenters. The molecule has 28 heavy (non-hydrogen) atoms. The van der Waals surface area contributed by atoms with E-state index in [1.54, 1.807) is 11.6 Å². The van der Waals surface area contributed by atoms with Gasteiger partial charge in [0.2, 0.25) is 12.2 Å². The number of nitrogens with zero attached hydrogens (tertiary/aromatic N) is 2. The third-order valence-electron chi connectivity index (χ3n) is 4.46. The van der Waals surface area contributed by atoms with Crippen molar-refractivity contribution in [2.45, 2.75) is 13.3 Å². The van der Waals surface area contributed by atoms with Gasteiger partial charge in [-0.3, -0.25) is 9.59 Å². The van der Waals surface area contributed by atoms with Crippen LogP contribution in [0.15, 0.2) is 59.4 Å². The van der Waals surface area contributed by atoms with Crippen LogP contribution in [0.4, 0.5) is 0 Å². The number of carbonyl (C=O) groups is 1. The van der Waals surface area contributed by atoms with E-state index in [9.17, 15) is 9.59 Å². The highest BCUT2D eigenvalue weighted by molar-refractivity contribution is 5.92. The van der Waals surface area contributed by atoms with Gasteiger partial charge in [-0.15, -0.1) is 0 Å². The largest absolute Gasteiger partial charge is 0.454 e. The molecule has 7 heteroatoms. The number of ether oxygens (including phenoxy) is 2. The van der Waals surface area contributed by atoms with E-state index < -0.39 is 11.3 Å². The Balaban J connectivity index is 1.47. The lowest BCUT2D eigenvalue weighted by atomic mass is 10.1. The summed E-state index contributed by atoms with van der Waals surface area (Å²) in [5.41, 5.74) is 1.93. The predicted molar refractivity (Wildman–Crippen MR) is 103 cm³/mol. The number of fused-ring (bicyclic) bond motifs is 1. The average molecular weight is 377 g/mol. The summed E-state index contributed by atoms with van der Waals surface area (Å²) in [6, 6.07) is 16.5. The van der Waals surface area contributed by atoms with Gasteiger partial charge in [0, 0.05) is 18.3 Å².